The summed E-state index contributed by atoms with van der Waals surface area (Å²) < 4.78 is 12.7. The minimum absolute atomic E-state index is 0.0656. The first-order valence-corrected chi connectivity index (χ1v) is 11.2. The Morgan fingerprint density at radius 2 is 1.89 bits per heavy atom. The van der Waals surface area contributed by atoms with E-state index in [0.29, 0.717) is 10.6 Å². The van der Waals surface area contributed by atoms with Gasteiger partial charge in [-0.15, -0.1) is 0 Å². The van der Waals surface area contributed by atoms with Crippen molar-refractivity contribution in [3.63, 3.8) is 0 Å². The number of amides is 4. The summed E-state index contributed by atoms with van der Waals surface area (Å²) in [6.45, 7) is 0. The van der Waals surface area contributed by atoms with E-state index in [2.05, 4.69) is 21.2 Å². The highest BCUT2D eigenvalue weighted by Crippen LogP contribution is 2.31. The zero-order chi connectivity index (χ0) is 19.6. The number of rotatable bonds is 7. The molecule has 0 aromatic heterocycles. The van der Waals surface area contributed by atoms with Crippen LogP contribution in [-0.2, 0) is 20.4 Å². The number of imide groups is 2. The lowest BCUT2D eigenvalue weighted by atomic mass is 10.0. The molecule has 1 aromatic rings. The molecule has 9 heteroatoms. The van der Waals surface area contributed by atoms with Crippen LogP contribution < -0.4 is 5.32 Å². The van der Waals surface area contributed by atoms with E-state index in [4.69, 9.17) is 0 Å². The predicted octanol–water partition coefficient (Wildman–Crippen LogP) is 1.76. The van der Waals surface area contributed by atoms with Gasteiger partial charge in [-0.1, -0.05) is 28.4 Å². The summed E-state index contributed by atoms with van der Waals surface area (Å²) in [6, 6.07) is 3.69. The molecule has 2 atom stereocenters. The Morgan fingerprint density at radius 1 is 1.11 bits per heavy atom. The number of hydrogen-bond donors (Lipinski definition) is 1. The van der Waals surface area contributed by atoms with Crippen LogP contribution in [0, 0.1) is 0 Å². The fraction of sp³-hybridized carbons (Fsp3) is 0.444. The van der Waals surface area contributed by atoms with E-state index in [1.807, 2.05) is 0 Å². The first kappa shape index (κ1) is 19.9. The number of unbranched alkanes of at least 4 members (excludes halogenated alkanes) is 2. The number of benzene rings is 1. The highest BCUT2D eigenvalue weighted by Gasteiger charge is 2.45. The molecule has 7 nitrogen and oxygen atoms in total. The first-order valence-electron chi connectivity index (χ1n) is 8.74. The van der Waals surface area contributed by atoms with Gasteiger partial charge in [0.15, 0.2) is 0 Å². The van der Waals surface area contributed by atoms with Crippen LogP contribution >= 0.6 is 15.9 Å². The van der Waals surface area contributed by atoms with Gasteiger partial charge in [0.25, 0.3) is 11.8 Å². The number of carbonyl (C=O) groups is 4. The van der Waals surface area contributed by atoms with Crippen LogP contribution in [0.5, 0.6) is 0 Å². The molecule has 2 unspecified atom stereocenters. The highest BCUT2D eigenvalue weighted by molar-refractivity contribution is 9.09. The normalized spacial score (nSPS) is 20.6. The smallest absolute Gasteiger partial charge is 0.263 e. The molecule has 144 valence electrons. The average molecular weight is 455 g/mol. The molecule has 1 saturated heterocycles. The van der Waals surface area contributed by atoms with Crippen molar-refractivity contribution in [1.82, 2.24) is 10.2 Å². The third kappa shape index (κ3) is 3.89. The third-order valence-corrected chi connectivity index (χ3v) is 6.69. The molecule has 0 spiro atoms. The molecule has 0 saturated carbocycles. The van der Waals surface area contributed by atoms with E-state index >= 15 is 0 Å². The summed E-state index contributed by atoms with van der Waals surface area (Å²) in [5, 5.41) is 3.05. The Labute approximate surface area is 167 Å². The van der Waals surface area contributed by atoms with E-state index in [-0.39, 0.29) is 24.0 Å². The molecule has 2 aliphatic rings. The second-order valence-electron chi connectivity index (χ2n) is 6.43. The lowest BCUT2D eigenvalue weighted by Crippen LogP contribution is -2.54. The quantitative estimate of drug-likeness (QED) is 0.384. The van der Waals surface area contributed by atoms with Crippen molar-refractivity contribution in [3.05, 3.63) is 29.3 Å². The Bertz CT molecular complexity index is 841. The van der Waals surface area contributed by atoms with Crippen molar-refractivity contribution >= 4 is 50.4 Å². The van der Waals surface area contributed by atoms with Crippen molar-refractivity contribution in [2.24, 2.45) is 0 Å². The Hall–Kier alpha value is -1.87. The van der Waals surface area contributed by atoms with Gasteiger partial charge in [0, 0.05) is 17.5 Å². The van der Waals surface area contributed by atoms with Crippen LogP contribution in [0.3, 0.4) is 0 Å². The molecule has 27 heavy (non-hydrogen) atoms. The van der Waals surface area contributed by atoms with Gasteiger partial charge >= 0.3 is 0 Å². The molecular weight excluding hydrogens is 436 g/mol. The maximum atomic E-state index is 12.9. The van der Waals surface area contributed by atoms with E-state index in [9.17, 15) is 23.4 Å². The summed E-state index contributed by atoms with van der Waals surface area (Å²) in [5.74, 6) is -1.86. The zero-order valence-electron chi connectivity index (χ0n) is 14.5. The van der Waals surface area contributed by atoms with Crippen molar-refractivity contribution in [1.29, 1.82) is 0 Å². The Morgan fingerprint density at radius 3 is 2.59 bits per heavy atom. The third-order valence-electron chi connectivity index (χ3n) is 4.64. The van der Waals surface area contributed by atoms with Gasteiger partial charge in [-0.25, -0.2) is 0 Å². The fourth-order valence-corrected chi connectivity index (χ4v) is 5.03. The van der Waals surface area contributed by atoms with Crippen molar-refractivity contribution in [3.8, 4) is 0 Å². The molecule has 1 fully saturated rings. The lowest BCUT2D eigenvalue weighted by molar-refractivity contribution is -0.136. The number of nitrogens with one attached hydrogen (secondary N) is 1. The SMILES string of the molecule is O=C1CCC(N2C(=O)c3cccc(S(=O)CCCCCBr)c3C2=O)C(=O)N1. The molecule has 1 N–H and O–H groups in total. The number of carbonyl (C=O) groups excluding carboxylic acids is 4. The number of nitrogens with zero attached hydrogens (tertiary/aromatic N) is 1. The highest BCUT2D eigenvalue weighted by atomic mass is 79.9. The summed E-state index contributed by atoms with van der Waals surface area (Å²) in [7, 11) is -1.41. The Kier molecular flexibility index (Phi) is 6.21. The second-order valence-corrected chi connectivity index (χ2v) is 8.76. The number of alkyl halides is 1. The van der Waals surface area contributed by atoms with Crippen LogP contribution in [0.2, 0.25) is 0 Å². The molecule has 3 rings (SSSR count). The largest absolute Gasteiger partial charge is 0.295 e. The Balaban J connectivity index is 1.85. The maximum absolute atomic E-state index is 12.9. The van der Waals surface area contributed by atoms with Gasteiger partial charge in [-0.2, -0.15) is 0 Å². The lowest BCUT2D eigenvalue weighted by Gasteiger charge is -2.27. The van der Waals surface area contributed by atoms with Gasteiger partial charge in [0.05, 0.1) is 26.8 Å². The molecule has 0 aliphatic carbocycles. The number of hydrogen-bond acceptors (Lipinski definition) is 5. The van der Waals surface area contributed by atoms with Crippen LogP contribution in [0.1, 0.15) is 52.8 Å². The van der Waals surface area contributed by atoms with Gasteiger partial charge in [0.1, 0.15) is 6.04 Å². The van der Waals surface area contributed by atoms with Crippen LogP contribution in [0.4, 0.5) is 0 Å². The topological polar surface area (TPSA) is 101 Å². The van der Waals surface area contributed by atoms with Crippen LogP contribution in [0.15, 0.2) is 23.1 Å². The summed E-state index contributed by atoms with van der Waals surface area (Å²) >= 11 is 3.35. The van der Waals surface area contributed by atoms with Crippen LogP contribution in [0.25, 0.3) is 0 Å². The van der Waals surface area contributed by atoms with E-state index < -0.39 is 40.5 Å². The fourth-order valence-electron chi connectivity index (χ4n) is 3.29. The average Bonchev–Trinajstić information content (AvgIpc) is 2.90. The molecule has 1 aromatic carbocycles. The van der Waals surface area contributed by atoms with Crippen molar-refractivity contribution < 1.29 is 23.4 Å². The summed E-state index contributed by atoms with van der Waals surface area (Å²) in [4.78, 5) is 50.4. The number of halogens is 1. The first-order chi connectivity index (χ1) is 13.0. The standard InChI is InChI=1S/C18H19BrN2O5S/c19-9-2-1-3-10-27(26)13-6-4-5-11-15(13)18(25)21(17(11)24)12-7-8-14(22)20-16(12)23/h4-6,12H,1-3,7-10H2,(H,20,22,23). The van der Waals surface area contributed by atoms with Crippen molar-refractivity contribution in [2.45, 2.75) is 43.0 Å². The van der Waals surface area contributed by atoms with Crippen molar-refractivity contribution in [2.75, 3.05) is 11.1 Å². The van der Waals surface area contributed by atoms with E-state index in [1.165, 1.54) is 6.07 Å². The minimum atomic E-state index is -1.41. The summed E-state index contributed by atoms with van der Waals surface area (Å²) in [6.07, 6.45) is 2.81. The molecular formula is C18H19BrN2O5S. The molecule has 2 heterocycles. The van der Waals surface area contributed by atoms with E-state index in [1.54, 1.807) is 12.1 Å². The molecule has 0 radical (unpaired) electrons. The van der Waals surface area contributed by atoms with Gasteiger partial charge < -0.3 is 0 Å². The number of fused-ring (bicyclic) bond motifs is 1. The van der Waals surface area contributed by atoms with Gasteiger partial charge in [-0.3, -0.25) is 33.6 Å². The van der Waals surface area contributed by atoms with Gasteiger partial charge in [-0.05, 0) is 31.4 Å². The zero-order valence-corrected chi connectivity index (χ0v) is 16.9. The van der Waals surface area contributed by atoms with Gasteiger partial charge in [0.2, 0.25) is 11.8 Å². The number of piperidine rings is 1. The monoisotopic (exact) mass is 454 g/mol. The molecule has 4 amide bonds. The maximum Gasteiger partial charge on any atom is 0.263 e. The summed E-state index contributed by atoms with van der Waals surface area (Å²) in [5.41, 5.74) is 0.280. The molecule has 0 bridgehead atoms. The molecule has 2 aliphatic heterocycles. The second kappa shape index (κ2) is 8.43. The minimum Gasteiger partial charge on any atom is -0.295 e. The van der Waals surface area contributed by atoms with Crippen LogP contribution in [-0.4, -0.2) is 49.9 Å². The van der Waals surface area contributed by atoms with E-state index in [0.717, 1.165) is 29.5 Å². The predicted molar refractivity (Wildman–Crippen MR) is 102 cm³/mol.